The molecule has 0 aliphatic rings. The minimum atomic E-state index is -0.159. The first-order valence-electron chi connectivity index (χ1n) is 4.87. The number of rotatable bonds is 3. The monoisotopic (exact) mass is 336 g/mol. The van der Waals surface area contributed by atoms with E-state index in [4.69, 9.17) is 0 Å². The van der Waals surface area contributed by atoms with Crippen LogP contribution < -0.4 is 110 Å². The summed E-state index contributed by atoms with van der Waals surface area (Å²) in [5.41, 5.74) is 3.51. The first kappa shape index (κ1) is 23.6. The Kier molecular flexibility index (Phi) is 23.0. The molecular formula is C10H16KN2ORbS. The SMILES string of the molecule is CC.CC[N-]C(=O)c1s[c-]nc1CC.[K+].[Rb+]. The van der Waals surface area contributed by atoms with Crippen molar-refractivity contribution in [2.75, 3.05) is 6.54 Å². The number of thiazole rings is 1. The molecule has 1 aromatic rings. The van der Waals surface area contributed by atoms with Gasteiger partial charge in [-0.2, -0.15) is 0 Å². The summed E-state index contributed by atoms with van der Waals surface area (Å²) in [6.07, 6.45) is 0.764. The van der Waals surface area contributed by atoms with Crippen LogP contribution >= 0.6 is 11.3 Å². The number of aromatic nitrogens is 1. The van der Waals surface area contributed by atoms with Crippen molar-refractivity contribution in [3.8, 4) is 0 Å². The van der Waals surface area contributed by atoms with Crippen LogP contribution in [0.2, 0.25) is 0 Å². The van der Waals surface area contributed by atoms with Crippen LogP contribution in [0.1, 0.15) is 43.1 Å². The first-order chi connectivity index (χ1) is 6.79. The molecule has 6 heteroatoms. The van der Waals surface area contributed by atoms with Crippen LogP contribution in [-0.4, -0.2) is 17.4 Å². The smallest absolute Gasteiger partial charge is 0.661 e. The summed E-state index contributed by atoms with van der Waals surface area (Å²) in [5, 5.41) is 3.79. The van der Waals surface area contributed by atoms with E-state index in [2.05, 4.69) is 15.8 Å². The predicted octanol–water partition coefficient (Wildman–Crippen LogP) is -2.93. The van der Waals surface area contributed by atoms with Crippen molar-refractivity contribution in [2.24, 2.45) is 0 Å². The predicted molar refractivity (Wildman–Crippen MR) is 59.9 cm³/mol. The Morgan fingerprint density at radius 3 is 2.44 bits per heavy atom. The molecule has 0 aromatic carbocycles. The molecule has 0 aliphatic heterocycles. The Balaban J connectivity index is -0.000000399. The van der Waals surface area contributed by atoms with Gasteiger partial charge in [-0.1, -0.05) is 44.7 Å². The number of carbonyl (C=O) groups is 1. The minimum Gasteiger partial charge on any atom is -0.661 e. The molecule has 0 saturated heterocycles. The maximum atomic E-state index is 11.3. The van der Waals surface area contributed by atoms with Crippen LogP contribution in [0.4, 0.5) is 0 Å². The molecule has 0 unspecified atom stereocenters. The van der Waals surface area contributed by atoms with Crippen molar-refractivity contribution in [2.45, 2.75) is 34.1 Å². The number of carbonyl (C=O) groups excluding carboxylic acids is 1. The second-order valence-corrected chi connectivity index (χ2v) is 3.01. The molecule has 0 atom stereocenters. The Morgan fingerprint density at radius 2 is 2.00 bits per heavy atom. The average Bonchev–Trinajstić information content (AvgIpc) is 2.69. The van der Waals surface area contributed by atoms with Crippen LogP contribution in [-0.2, 0) is 6.42 Å². The van der Waals surface area contributed by atoms with Crippen molar-refractivity contribution >= 4 is 17.2 Å². The van der Waals surface area contributed by atoms with Gasteiger partial charge in [-0.05, 0) is 5.51 Å². The second kappa shape index (κ2) is 15.6. The summed E-state index contributed by atoms with van der Waals surface area (Å²) in [6.45, 7) is 8.33. The molecule has 80 valence electrons. The van der Waals surface area contributed by atoms with Crippen molar-refractivity contribution in [3.05, 3.63) is 21.4 Å². The van der Waals surface area contributed by atoms with Crippen molar-refractivity contribution in [1.29, 1.82) is 0 Å². The standard InChI is InChI=1S/C8H11N2OS.C2H6.K.Rb/c1-3-6-7(12-5-10-6)8(11)9-4-2;1-2;;/h3-4H2,1-2H3,(H,9,11);1-2H3;;/q-1;;2*+1/p-1. The van der Waals surface area contributed by atoms with Crippen molar-refractivity contribution in [3.63, 3.8) is 0 Å². The van der Waals surface area contributed by atoms with Gasteiger partial charge in [0.05, 0.1) is 0 Å². The molecule has 0 aliphatic carbocycles. The largest absolute Gasteiger partial charge is 1.00 e. The zero-order valence-corrected chi connectivity index (χ0v) is 20.0. The molecule has 0 radical (unpaired) electrons. The summed E-state index contributed by atoms with van der Waals surface area (Å²) < 4.78 is 0. The fourth-order valence-electron chi connectivity index (χ4n) is 0.855. The second-order valence-electron chi connectivity index (χ2n) is 2.21. The van der Waals surface area contributed by atoms with E-state index in [1.807, 2.05) is 27.7 Å². The third-order valence-corrected chi connectivity index (χ3v) is 2.22. The van der Waals surface area contributed by atoms with E-state index in [1.54, 1.807) is 0 Å². The fraction of sp³-hybridized carbons (Fsp3) is 0.600. The first-order valence-corrected chi connectivity index (χ1v) is 5.68. The van der Waals surface area contributed by atoms with Gasteiger partial charge in [-0.15, -0.1) is 6.54 Å². The molecule has 0 fully saturated rings. The Morgan fingerprint density at radius 1 is 1.44 bits per heavy atom. The number of hydrogen-bond donors (Lipinski definition) is 0. The molecule has 1 amide bonds. The summed E-state index contributed by atoms with van der Waals surface area (Å²) in [4.78, 5) is 15.9. The van der Waals surface area contributed by atoms with E-state index in [0.717, 1.165) is 12.1 Å². The fourth-order valence-corrected chi connectivity index (χ4v) is 1.56. The van der Waals surface area contributed by atoms with Crippen LogP contribution in [0.3, 0.4) is 0 Å². The number of aryl methyl sites for hydroxylation is 1. The molecule has 3 nitrogen and oxygen atoms in total. The summed E-state index contributed by atoms with van der Waals surface area (Å²) in [5.74, 6) is -0.159. The average molecular weight is 337 g/mol. The van der Waals surface area contributed by atoms with Crippen molar-refractivity contribution < 1.29 is 114 Å². The van der Waals surface area contributed by atoms with E-state index >= 15 is 0 Å². The molecule has 1 rings (SSSR count). The van der Waals surface area contributed by atoms with Gasteiger partial charge < -0.3 is 15.1 Å². The van der Waals surface area contributed by atoms with E-state index in [1.165, 1.54) is 11.3 Å². The Labute approximate surface area is 194 Å². The Hall–Kier alpha value is 2.54. The maximum absolute atomic E-state index is 11.3. The van der Waals surface area contributed by atoms with Gasteiger partial charge in [0.1, 0.15) is 0 Å². The van der Waals surface area contributed by atoms with Crippen LogP contribution in [0, 0.1) is 5.51 Å². The number of nitrogens with zero attached hydrogens (tertiary/aromatic N) is 2. The minimum absolute atomic E-state index is 0. The van der Waals surface area contributed by atoms with Gasteiger partial charge in [0.15, 0.2) is 0 Å². The van der Waals surface area contributed by atoms with Gasteiger partial charge in [-0.25, -0.2) is 0 Å². The van der Waals surface area contributed by atoms with Gasteiger partial charge >= 0.3 is 110 Å². The number of amides is 1. The van der Waals surface area contributed by atoms with Crippen LogP contribution in [0.15, 0.2) is 0 Å². The maximum Gasteiger partial charge on any atom is 1.00 e. The summed E-state index contributed by atoms with van der Waals surface area (Å²) >= 11 is 1.24. The third kappa shape index (κ3) is 8.61. The normalized spacial score (nSPS) is 7.75. The molecular weight excluding hydrogens is 321 g/mol. The van der Waals surface area contributed by atoms with Crippen LogP contribution in [0.5, 0.6) is 0 Å². The quantitative estimate of drug-likeness (QED) is 0.438. The molecule has 1 aromatic heterocycles. The van der Waals surface area contributed by atoms with E-state index in [0.29, 0.717) is 11.4 Å². The van der Waals surface area contributed by atoms with Crippen LogP contribution in [0.25, 0.3) is 5.32 Å². The molecule has 0 bridgehead atoms. The molecule has 0 spiro atoms. The van der Waals surface area contributed by atoms with E-state index in [9.17, 15) is 4.79 Å². The van der Waals surface area contributed by atoms with Gasteiger partial charge in [0, 0.05) is 5.91 Å². The van der Waals surface area contributed by atoms with E-state index in [-0.39, 0.29) is 115 Å². The molecule has 0 saturated carbocycles. The number of hydrogen-bond acceptors (Lipinski definition) is 3. The van der Waals surface area contributed by atoms with E-state index < -0.39 is 0 Å². The summed E-state index contributed by atoms with van der Waals surface area (Å²) in [6, 6.07) is 0. The topological polar surface area (TPSA) is 44.1 Å². The molecule has 16 heavy (non-hydrogen) atoms. The van der Waals surface area contributed by atoms with Gasteiger partial charge in [0.25, 0.3) is 0 Å². The zero-order valence-electron chi connectivity index (χ0n) is 11.1. The summed E-state index contributed by atoms with van der Waals surface area (Å²) in [7, 11) is 0. The van der Waals surface area contributed by atoms with Crippen molar-refractivity contribution in [1.82, 2.24) is 4.98 Å². The molecule has 1 heterocycles. The molecule has 0 N–H and O–H groups in total. The third-order valence-electron chi connectivity index (χ3n) is 1.42. The van der Waals surface area contributed by atoms with Gasteiger partial charge in [-0.3, -0.25) is 11.3 Å². The zero-order chi connectivity index (χ0) is 11.0. The van der Waals surface area contributed by atoms with Gasteiger partial charge in [0.2, 0.25) is 0 Å². The Bertz CT molecular complexity index is 282.